The van der Waals surface area contributed by atoms with Crippen LogP contribution < -0.4 is 16.6 Å². The smallest absolute Gasteiger partial charge is 0.320 e. The van der Waals surface area contributed by atoms with Gasteiger partial charge in [0.2, 0.25) is 5.91 Å². The summed E-state index contributed by atoms with van der Waals surface area (Å²) in [7, 11) is 0. The van der Waals surface area contributed by atoms with Gasteiger partial charge in [-0.15, -0.1) is 0 Å². The van der Waals surface area contributed by atoms with E-state index in [0.29, 0.717) is 0 Å². The predicted octanol–water partition coefficient (Wildman–Crippen LogP) is 0.939. The Balaban J connectivity index is 2.37. The molecule has 19 heavy (non-hydrogen) atoms. The number of amides is 1. The van der Waals surface area contributed by atoms with Crippen LogP contribution in [-0.2, 0) is 9.59 Å². The van der Waals surface area contributed by atoms with Crippen molar-refractivity contribution in [3.05, 3.63) is 29.3 Å². The van der Waals surface area contributed by atoms with Crippen LogP contribution in [0.2, 0.25) is 0 Å². The van der Waals surface area contributed by atoms with E-state index in [1.165, 1.54) is 5.56 Å². The molecule has 0 aliphatic carbocycles. The van der Waals surface area contributed by atoms with Crippen LogP contribution in [0.3, 0.4) is 0 Å². The van der Waals surface area contributed by atoms with Gasteiger partial charge in [0, 0.05) is 6.42 Å². The summed E-state index contributed by atoms with van der Waals surface area (Å²) >= 11 is 0. The maximum absolute atomic E-state index is 11.5. The summed E-state index contributed by atoms with van der Waals surface area (Å²) in [4.78, 5) is 22.0. The van der Waals surface area contributed by atoms with Crippen LogP contribution in [0.15, 0.2) is 18.2 Å². The molecule has 0 aromatic heterocycles. The lowest BCUT2D eigenvalue weighted by molar-refractivity contribution is -0.138. The summed E-state index contributed by atoms with van der Waals surface area (Å²) in [5.74, 6) is -1.40. The van der Waals surface area contributed by atoms with Crippen molar-refractivity contribution in [2.45, 2.75) is 32.7 Å². The molecule has 0 aliphatic rings. The first kappa shape index (κ1) is 15.0. The zero-order chi connectivity index (χ0) is 14.4. The summed E-state index contributed by atoms with van der Waals surface area (Å²) in [5, 5.41) is 8.59. The minimum absolute atomic E-state index is 0.0608. The van der Waals surface area contributed by atoms with Crippen LogP contribution in [-0.4, -0.2) is 23.0 Å². The minimum atomic E-state index is -1.10. The Bertz CT molecular complexity index is 474. The number of hydrazine groups is 1. The Morgan fingerprint density at radius 3 is 2.58 bits per heavy atom. The lowest BCUT2D eigenvalue weighted by atomic mass is 10.1. The van der Waals surface area contributed by atoms with Crippen LogP contribution >= 0.6 is 0 Å². The second-order valence-electron chi connectivity index (χ2n) is 4.46. The number of hydrogen-bond donors (Lipinski definition) is 4. The lowest BCUT2D eigenvalue weighted by Gasteiger charge is -2.11. The third-order valence-corrected chi connectivity index (χ3v) is 2.85. The van der Waals surface area contributed by atoms with Crippen molar-refractivity contribution >= 4 is 17.6 Å². The molecule has 1 rings (SSSR count). The first-order valence-electron chi connectivity index (χ1n) is 6.00. The Kier molecular flexibility index (Phi) is 5.32. The first-order valence-corrected chi connectivity index (χ1v) is 6.00. The number of nitrogens with two attached hydrogens (primary N) is 1. The summed E-state index contributed by atoms with van der Waals surface area (Å²) < 4.78 is 0. The van der Waals surface area contributed by atoms with Gasteiger partial charge in [-0.05, 0) is 43.5 Å². The van der Waals surface area contributed by atoms with E-state index in [1.807, 2.05) is 32.0 Å². The van der Waals surface area contributed by atoms with E-state index >= 15 is 0 Å². The van der Waals surface area contributed by atoms with E-state index < -0.39 is 12.0 Å². The quantitative estimate of drug-likeness (QED) is 0.573. The lowest BCUT2D eigenvalue weighted by Crippen LogP contribution is -2.34. The number of aryl methyl sites for hydroxylation is 2. The maximum atomic E-state index is 11.5. The second kappa shape index (κ2) is 6.75. The number of nitrogens with one attached hydrogen (secondary N) is 2. The number of benzene rings is 1. The SMILES string of the molecule is Cc1ccc(NNC(=O)CCC(N)C(=O)O)cc1C. The van der Waals surface area contributed by atoms with Crippen molar-refractivity contribution in [1.29, 1.82) is 0 Å². The van der Waals surface area contributed by atoms with Crippen molar-refractivity contribution in [2.24, 2.45) is 5.73 Å². The Hall–Kier alpha value is -2.08. The van der Waals surface area contributed by atoms with Gasteiger partial charge in [0.1, 0.15) is 6.04 Å². The zero-order valence-corrected chi connectivity index (χ0v) is 11.1. The van der Waals surface area contributed by atoms with Gasteiger partial charge in [-0.1, -0.05) is 6.07 Å². The van der Waals surface area contributed by atoms with Crippen LogP contribution in [0, 0.1) is 13.8 Å². The fourth-order valence-corrected chi connectivity index (χ4v) is 1.43. The molecule has 0 heterocycles. The van der Waals surface area contributed by atoms with Crippen molar-refractivity contribution in [3.8, 4) is 0 Å². The van der Waals surface area contributed by atoms with E-state index in [0.717, 1.165) is 11.3 Å². The molecule has 1 unspecified atom stereocenters. The van der Waals surface area contributed by atoms with E-state index in [4.69, 9.17) is 10.8 Å². The van der Waals surface area contributed by atoms with Crippen LogP contribution in [0.25, 0.3) is 0 Å². The molecular weight excluding hydrogens is 246 g/mol. The first-order chi connectivity index (χ1) is 8.90. The Morgan fingerprint density at radius 1 is 1.32 bits per heavy atom. The number of carbonyl (C=O) groups excluding carboxylic acids is 1. The molecule has 0 bridgehead atoms. The van der Waals surface area contributed by atoms with Crippen LogP contribution in [0.4, 0.5) is 5.69 Å². The standard InChI is InChI=1S/C13H19N3O3/c1-8-3-4-10(7-9(8)2)15-16-12(17)6-5-11(14)13(18)19/h3-4,7,11,15H,5-6,14H2,1-2H3,(H,16,17)(H,18,19). The monoisotopic (exact) mass is 265 g/mol. The van der Waals surface area contributed by atoms with Crippen LogP contribution in [0.1, 0.15) is 24.0 Å². The molecule has 104 valence electrons. The van der Waals surface area contributed by atoms with Gasteiger partial charge in [0.05, 0.1) is 5.69 Å². The fourth-order valence-electron chi connectivity index (χ4n) is 1.43. The molecule has 0 radical (unpaired) electrons. The molecule has 0 spiro atoms. The minimum Gasteiger partial charge on any atom is -0.480 e. The van der Waals surface area contributed by atoms with Gasteiger partial charge in [-0.2, -0.15) is 0 Å². The van der Waals surface area contributed by atoms with E-state index in [2.05, 4.69) is 10.9 Å². The number of anilines is 1. The Morgan fingerprint density at radius 2 is 2.00 bits per heavy atom. The number of rotatable bonds is 6. The van der Waals surface area contributed by atoms with Crippen molar-refractivity contribution in [3.63, 3.8) is 0 Å². The average molecular weight is 265 g/mol. The number of aliphatic carboxylic acids is 1. The van der Waals surface area contributed by atoms with Gasteiger partial charge < -0.3 is 10.8 Å². The number of carboxylic acid groups (broad SMARTS) is 1. The van der Waals surface area contributed by atoms with Crippen molar-refractivity contribution in [1.82, 2.24) is 5.43 Å². The third-order valence-electron chi connectivity index (χ3n) is 2.85. The van der Waals surface area contributed by atoms with E-state index in [9.17, 15) is 9.59 Å². The number of hydrogen-bond acceptors (Lipinski definition) is 4. The van der Waals surface area contributed by atoms with Crippen LogP contribution in [0.5, 0.6) is 0 Å². The molecule has 6 nitrogen and oxygen atoms in total. The predicted molar refractivity (Wildman–Crippen MR) is 72.5 cm³/mol. The highest BCUT2D eigenvalue weighted by atomic mass is 16.4. The number of carbonyl (C=O) groups is 2. The summed E-state index contributed by atoms with van der Waals surface area (Å²) in [5.41, 5.74) is 13.7. The molecule has 0 aliphatic heterocycles. The highest BCUT2D eigenvalue weighted by Gasteiger charge is 2.13. The molecule has 0 saturated heterocycles. The Labute approximate surface area is 112 Å². The van der Waals surface area contributed by atoms with Gasteiger partial charge >= 0.3 is 5.97 Å². The topological polar surface area (TPSA) is 104 Å². The molecule has 1 aromatic carbocycles. The van der Waals surface area contributed by atoms with E-state index in [-0.39, 0.29) is 18.7 Å². The molecular formula is C13H19N3O3. The largest absolute Gasteiger partial charge is 0.480 e. The summed E-state index contributed by atoms with van der Waals surface area (Å²) in [6, 6.07) is 4.71. The molecule has 5 N–H and O–H groups in total. The maximum Gasteiger partial charge on any atom is 0.320 e. The normalized spacial score (nSPS) is 11.7. The van der Waals surface area contributed by atoms with Gasteiger partial charge in [-0.25, -0.2) is 0 Å². The highest BCUT2D eigenvalue weighted by molar-refractivity contribution is 5.79. The molecule has 1 aromatic rings. The average Bonchev–Trinajstić information content (AvgIpc) is 2.37. The van der Waals surface area contributed by atoms with Gasteiger partial charge in [0.15, 0.2) is 0 Å². The fraction of sp³-hybridized carbons (Fsp3) is 0.385. The molecule has 1 amide bonds. The molecule has 0 saturated carbocycles. The van der Waals surface area contributed by atoms with Gasteiger partial charge in [0.25, 0.3) is 0 Å². The summed E-state index contributed by atoms with van der Waals surface area (Å²) in [6.07, 6.45) is 0.168. The third kappa shape index (κ3) is 4.97. The highest BCUT2D eigenvalue weighted by Crippen LogP contribution is 2.13. The molecule has 6 heteroatoms. The zero-order valence-electron chi connectivity index (χ0n) is 11.1. The van der Waals surface area contributed by atoms with Crippen molar-refractivity contribution < 1.29 is 14.7 Å². The molecule has 1 atom stereocenters. The number of carboxylic acids is 1. The van der Waals surface area contributed by atoms with Crippen molar-refractivity contribution in [2.75, 3.05) is 5.43 Å². The van der Waals surface area contributed by atoms with E-state index in [1.54, 1.807) is 0 Å². The van der Waals surface area contributed by atoms with Gasteiger partial charge in [-0.3, -0.25) is 20.4 Å². The summed E-state index contributed by atoms with van der Waals surface area (Å²) in [6.45, 7) is 3.99. The second-order valence-corrected chi connectivity index (χ2v) is 4.46. The molecule has 0 fully saturated rings.